The van der Waals surface area contributed by atoms with Crippen LogP contribution in [0.1, 0.15) is 20.3 Å². The second-order valence-electron chi connectivity index (χ2n) is 5.69. The second kappa shape index (κ2) is 5.00. The number of halogens is 1. The summed E-state index contributed by atoms with van der Waals surface area (Å²) in [6.07, 6.45) is 1.35. The summed E-state index contributed by atoms with van der Waals surface area (Å²) in [5, 5.41) is 3.49. The number of piperidine rings is 1. The molecule has 0 aromatic carbocycles. The smallest absolute Gasteiger partial charge is 0.0226 e. The molecule has 2 fully saturated rings. The number of hydrogen-bond donors (Lipinski definition) is 2. The molecule has 2 heterocycles. The molecule has 90 valence electrons. The molecule has 2 aliphatic rings. The zero-order valence-corrected chi connectivity index (χ0v) is 10.6. The van der Waals surface area contributed by atoms with Gasteiger partial charge in [-0.05, 0) is 51.7 Å². The summed E-state index contributed by atoms with van der Waals surface area (Å²) in [5.74, 6) is 1.82. The van der Waals surface area contributed by atoms with Crippen molar-refractivity contribution in [3.05, 3.63) is 0 Å². The van der Waals surface area contributed by atoms with Crippen LogP contribution in [0.4, 0.5) is 0 Å². The molecule has 0 radical (unpaired) electrons. The van der Waals surface area contributed by atoms with E-state index in [1.54, 1.807) is 0 Å². The largest absolute Gasteiger partial charge is 0.324 e. The molecule has 0 aromatic rings. The van der Waals surface area contributed by atoms with Crippen LogP contribution in [-0.2, 0) is 0 Å². The van der Waals surface area contributed by atoms with E-state index in [1.807, 2.05) is 0 Å². The number of nitrogens with zero attached hydrogens (tertiary/aromatic N) is 1. The first-order valence-electron chi connectivity index (χ1n) is 5.76. The fraction of sp³-hybridized carbons (Fsp3) is 1.00. The highest BCUT2D eigenvalue weighted by Crippen LogP contribution is 2.26. The van der Waals surface area contributed by atoms with Gasteiger partial charge in [0.05, 0.1) is 0 Å². The van der Waals surface area contributed by atoms with Gasteiger partial charge in [0.1, 0.15) is 0 Å². The van der Waals surface area contributed by atoms with Crippen LogP contribution in [0.3, 0.4) is 0 Å². The molecular weight excluding hydrogens is 210 g/mol. The topological polar surface area (TPSA) is 41.3 Å². The first kappa shape index (κ1) is 13.2. The third kappa shape index (κ3) is 3.59. The normalized spacial score (nSPS) is 32.2. The Hall–Kier alpha value is 0.170. The van der Waals surface area contributed by atoms with Gasteiger partial charge in [-0.1, -0.05) is 0 Å². The Morgan fingerprint density at radius 3 is 2.67 bits per heavy atom. The minimum Gasteiger partial charge on any atom is -0.324 e. The number of nitrogens with two attached hydrogens (primary N) is 1. The van der Waals surface area contributed by atoms with Crippen molar-refractivity contribution in [2.45, 2.75) is 25.8 Å². The zero-order valence-electron chi connectivity index (χ0n) is 9.83. The molecule has 0 bridgehead atoms. The van der Waals surface area contributed by atoms with Crippen molar-refractivity contribution in [1.29, 1.82) is 0 Å². The Balaban J connectivity index is 0.00000112. The first-order chi connectivity index (χ1) is 6.54. The van der Waals surface area contributed by atoms with Crippen LogP contribution in [0.25, 0.3) is 0 Å². The summed E-state index contributed by atoms with van der Waals surface area (Å²) in [6.45, 7) is 10.2. The average Bonchev–Trinajstić information content (AvgIpc) is 2.47. The van der Waals surface area contributed by atoms with Crippen LogP contribution in [0.15, 0.2) is 0 Å². The lowest BCUT2D eigenvalue weighted by atomic mass is 9.88. The highest BCUT2D eigenvalue weighted by molar-refractivity contribution is 5.85. The Morgan fingerprint density at radius 1 is 1.33 bits per heavy atom. The molecule has 0 aromatic heterocycles. The Labute approximate surface area is 99.2 Å². The molecule has 3 nitrogen and oxygen atoms in total. The van der Waals surface area contributed by atoms with Crippen molar-refractivity contribution in [3.63, 3.8) is 0 Å². The standard InChI is InChI=1S/C11H23N3.ClH/c1-11(2,12)8-14-4-3-9-5-13-6-10(9)7-14;/h9-10,13H,3-8,12H2,1-2H3;1H. The van der Waals surface area contributed by atoms with E-state index in [4.69, 9.17) is 5.73 Å². The Bertz CT molecular complexity index is 202. The summed E-state index contributed by atoms with van der Waals surface area (Å²) < 4.78 is 0. The molecule has 2 atom stereocenters. The van der Waals surface area contributed by atoms with Gasteiger partial charge in [0.2, 0.25) is 0 Å². The van der Waals surface area contributed by atoms with Gasteiger partial charge in [-0.25, -0.2) is 0 Å². The maximum atomic E-state index is 6.05. The average molecular weight is 234 g/mol. The van der Waals surface area contributed by atoms with Crippen molar-refractivity contribution >= 4 is 12.4 Å². The van der Waals surface area contributed by atoms with Gasteiger partial charge in [0, 0.05) is 18.6 Å². The van der Waals surface area contributed by atoms with Crippen LogP contribution >= 0.6 is 12.4 Å². The summed E-state index contributed by atoms with van der Waals surface area (Å²) >= 11 is 0. The van der Waals surface area contributed by atoms with Gasteiger partial charge in [0.25, 0.3) is 0 Å². The molecule has 4 heteroatoms. The lowest BCUT2D eigenvalue weighted by Gasteiger charge is -2.37. The van der Waals surface area contributed by atoms with Gasteiger partial charge in [-0.3, -0.25) is 0 Å². The van der Waals surface area contributed by atoms with E-state index < -0.39 is 0 Å². The monoisotopic (exact) mass is 233 g/mol. The lowest BCUT2D eigenvalue weighted by molar-refractivity contribution is 0.128. The first-order valence-corrected chi connectivity index (χ1v) is 5.76. The van der Waals surface area contributed by atoms with E-state index >= 15 is 0 Å². The lowest BCUT2D eigenvalue weighted by Crippen LogP contribution is -2.50. The van der Waals surface area contributed by atoms with E-state index in [9.17, 15) is 0 Å². The predicted octanol–water partition coefficient (Wildman–Crippen LogP) is 0.687. The van der Waals surface area contributed by atoms with Gasteiger partial charge in [-0.2, -0.15) is 0 Å². The quantitative estimate of drug-likeness (QED) is 0.738. The highest BCUT2D eigenvalue weighted by atomic mass is 35.5. The van der Waals surface area contributed by atoms with Crippen molar-refractivity contribution < 1.29 is 0 Å². The zero-order chi connectivity index (χ0) is 10.2. The van der Waals surface area contributed by atoms with Crippen LogP contribution in [0, 0.1) is 11.8 Å². The van der Waals surface area contributed by atoms with E-state index in [-0.39, 0.29) is 17.9 Å². The van der Waals surface area contributed by atoms with E-state index in [0.717, 1.165) is 18.4 Å². The van der Waals surface area contributed by atoms with Gasteiger partial charge >= 0.3 is 0 Å². The number of fused-ring (bicyclic) bond motifs is 1. The summed E-state index contributed by atoms with van der Waals surface area (Å²) in [7, 11) is 0. The number of nitrogens with one attached hydrogen (secondary N) is 1. The third-order valence-corrected chi connectivity index (χ3v) is 3.42. The van der Waals surface area contributed by atoms with Crippen LogP contribution in [-0.4, -0.2) is 43.2 Å². The molecule has 2 saturated heterocycles. The molecule has 15 heavy (non-hydrogen) atoms. The van der Waals surface area contributed by atoms with Crippen LogP contribution in [0.5, 0.6) is 0 Å². The minimum absolute atomic E-state index is 0. The van der Waals surface area contributed by atoms with Crippen molar-refractivity contribution in [2.24, 2.45) is 17.6 Å². The number of hydrogen-bond acceptors (Lipinski definition) is 3. The molecule has 0 spiro atoms. The molecular formula is C11H24ClN3. The fourth-order valence-electron chi connectivity index (χ4n) is 2.83. The van der Waals surface area contributed by atoms with E-state index in [0.29, 0.717) is 0 Å². The molecule has 0 aliphatic carbocycles. The summed E-state index contributed by atoms with van der Waals surface area (Å²) in [5.41, 5.74) is 6.00. The highest BCUT2D eigenvalue weighted by Gasteiger charge is 2.33. The predicted molar refractivity (Wildman–Crippen MR) is 66.4 cm³/mol. The summed E-state index contributed by atoms with van der Waals surface area (Å²) in [6, 6.07) is 0. The molecule has 2 rings (SSSR count). The maximum absolute atomic E-state index is 6.05. The minimum atomic E-state index is -0.0428. The van der Waals surface area contributed by atoms with Crippen molar-refractivity contribution in [1.82, 2.24) is 10.2 Å². The van der Waals surface area contributed by atoms with E-state index in [1.165, 1.54) is 32.6 Å². The fourth-order valence-corrected chi connectivity index (χ4v) is 2.83. The second-order valence-corrected chi connectivity index (χ2v) is 5.69. The SMILES string of the molecule is CC(C)(N)CN1CCC2CNCC2C1.Cl. The molecule has 2 unspecified atom stereocenters. The van der Waals surface area contributed by atoms with E-state index in [2.05, 4.69) is 24.1 Å². The Kier molecular flexibility index (Phi) is 4.41. The van der Waals surface area contributed by atoms with Crippen LogP contribution < -0.4 is 11.1 Å². The van der Waals surface area contributed by atoms with Crippen LogP contribution in [0.2, 0.25) is 0 Å². The van der Waals surface area contributed by atoms with Gasteiger partial charge < -0.3 is 16.0 Å². The molecule has 0 saturated carbocycles. The number of likely N-dealkylation sites (tertiary alicyclic amines) is 1. The molecule has 0 amide bonds. The van der Waals surface area contributed by atoms with Crippen molar-refractivity contribution in [2.75, 3.05) is 32.7 Å². The molecule has 2 aliphatic heterocycles. The summed E-state index contributed by atoms with van der Waals surface area (Å²) in [4.78, 5) is 2.54. The molecule has 3 N–H and O–H groups in total. The number of rotatable bonds is 2. The van der Waals surface area contributed by atoms with Gasteiger partial charge in [0.15, 0.2) is 0 Å². The maximum Gasteiger partial charge on any atom is 0.0226 e. The van der Waals surface area contributed by atoms with Gasteiger partial charge in [-0.15, -0.1) is 12.4 Å². The Morgan fingerprint density at radius 2 is 2.00 bits per heavy atom. The third-order valence-electron chi connectivity index (χ3n) is 3.42. The van der Waals surface area contributed by atoms with Crippen molar-refractivity contribution in [3.8, 4) is 0 Å².